The fourth-order valence-corrected chi connectivity index (χ4v) is 3.35. The Morgan fingerprint density at radius 2 is 1.84 bits per heavy atom. The summed E-state index contributed by atoms with van der Waals surface area (Å²) in [7, 11) is -2.09. The van der Waals surface area contributed by atoms with Gasteiger partial charge in [0.2, 0.25) is 10.0 Å². The van der Waals surface area contributed by atoms with Gasteiger partial charge >= 0.3 is 0 Å². The average molecular weight is 287 g/mol. The number of sulfonamides is 1. The van der Waals surface area contributed by atoms with Crippen LogP contribution in [0.25, 0.3) is 0 Å². The van der Waals surface area contributed by atoms with Crippen molar-refractivity contribution < 1.29 is 18.3 Å². The highest BCUT2D eigenvalue weighted by Gasteiger charge is 2.20. The predicted octanol–water partition coefficient (Wildman–Crippen LogP) is 0.979. The van der Waals surface area contributed by atoms with Crippen LogP contribution in [0.2, 0.25) is 0 Å². The van der Waals surface area contributed by atoms with Crippen molar-refractivity contribution in [1.29, 1.82) is 0 Å². The molecular formula is C13H21NO4S. The lowest BCUT2D eigenvalue weighted by molar-refractivity contribution is 0.158. The number of aryl methyl sites for hydroxylation is 2. The maximum absolute atomic E-state index is 12.2. The molecule has 1 aromatic carbocycles. The zero-order valence-corrected chi connectivity index (χ0v) is 12.3. The molecule has 1 atom stereocenters. The molecule has 5 nitrogen and oxygen atoms in total. The van der Waals surface area contributed by atoms with Crippen LogP contribution in [0.1, 0.15) is 17.5 Å². The van der Waals surface area contributed by atoms with Crippen molar-refractivity contribution in [2.24, 2.45) is 0 Å². The normalized spacial score (nSPS) is 13.5. The van der Waals surface area contributed by atoms with Crippen molar-refractivity contribution in [3.8, 4) is 0 Å². The Balaban J connectivity index is 2.95. The van der Waals surface area contributed by atoms with E-state index < -0.39 is 16.1 Å². The monoisotopic (exact) mass is 287 g/mol. The molecule has 0 bridgehead atoms. The molecule has 0 aromatic heterocycles. The highest BCUT2D eigenvalue weighted by molar-refractivity contribution is 7.89. The van der Waals surface area contributed by atoms with Crippen LogP contribution < -0.4 is 4.72 Å². The second-order valence-corrected chi connectivity index (χ2v) is 6.32. The van der Waals surface area contributed by atoms with Crippen molar-refractivity contribution in [2.45, 2.75) is 31.2 Å². The van der Waals surface area contributed by atoms with Gasteiger partial charge in [-0.2, -0.15) is 0 Å². The summed E-state index contributed by atoms with van der Waals surface area (Å²) in [5, 5.41) is 8.93. The first-order chi connectivity index (χ1) is 8.89. The van der Waals surface area contributed by atoms with Gasteiger partial charge in [0.05, 0.1) is 11.5 Å². The van der Waals surface area contributed by atoms with E-state index in [1.165, 1.54) is 7.11 Å². The highest BCUT2D eigenvalue weighted by atomic mass is 32.2. The van der Waals surface area contributed by atoms with Gasteiger partial charge in [0.25, 0.3) is 0 Å². The maximum Gasteiger partial charge on any atom is 0.240 e. The molecule has 0 fully saturated rings. The van der Waals surface area contributed by atoms with E-state index in [1.54, 1.807) is 12.1 Å². The number of methoxy groups -OCH3 is 1. The minimum Gasteiger partial charge on any atom is -0.396 e. The molecular weight excluding hydrogens is 266 g/mol. The molecule has 6 heteroatoms. The van der Waals surface area contributed by atoms with Crippen LogP contribution >= 0.6 is 0 Å². The zero-order chi connectivity index (χ0) is 14.5. The van der Waals surface area contributed by atoms with Crippen LogP contribution in [0, 0.1) is 13.8 Å². The third kappa shape index (κ3) is 4.91. The third-order valence-corrected chi connectivity index (χ3v) is 4.17. The molecule has 0 aliphatic heterocycles. The van der Waals surface area contributed by atoms with E-state index in [0.29, 0.717) is 6.42 Å². The molecule has 0 aliphatic rings. The maximum atomic E-state index is 12.2. The van der Waals surface area contributed by atoms with Crippen LogP contribution in [-0.4, -0.2) is 39.9 Å². The van der Waals surface area contributed by atoms with E-state index in [4.69, 9.17) is 9.84 Å². The van der Waals surface area contributed by atoms with Crippen LogP contribution in [0.3, 0.4) is 0 Å². The van der Waals surface area contributed by atoms with E-state index >= 15 is 0 Å². The molecule has 0 saturated carbocycles. The SMILES string of the molecule is COCC(CCO)NS(=O)(=O)c1cc(C)cc(C)c1. The molecule has 2 N–H and O–H groups in total. The van der Waals surface area contributed by atoms with Crippen molar-refractivity contribution in [2.75, 3.05) is 20.3 Å². The zero-order valence-electron chi connectivity index (χ0n) is 11.5. The van der Waals surface area contributed by atoms with E-state index in [1.807, 2.05) is 19.9 Å². The van der Waals surface area contributed by atoms with Crippen LogP contribution in [0.5, 0.6) is 0 Å². The first-order valence-corrected chi connectivity index (χ1v) is 7.58. The first kappa shape index (κ1) is 16.1. The smallest absolute Gasteiger partial charge is 0.240 e. The quantitative estimate of drug-likeness (QED) is 0.784. The van der Waals surface area contributed by atoms with Gasteiger partial charge in [-0.05, 0) is 43.5 Å². The summed E-state index contributed by atoms with van der Waals surface area (Å²) >= 11 is 0. The number of rotatable bonds is 7. The van der Waals surface area contributed by atoms with E-state index in [9.17, 15) is 8.42 Å². The summed E-state index contributed by atoms with van der Waals surface area (Å²) in [5.74, 6) is 0. The Morgan fingerprint density at radius 3 is 2.32 bits per heavy atom. The van der Waals surface area contributed by atoms with E-state index in [0.717, 1.165) is 11.1 Å². The van der Waals surface area contributed by atoms with Crippen LogP contribution in [0.4, 0.5) is 0 Å². The molecule has 1 unspecified atom stereocenters. The number of hydrogen-bond donors (Lipinski definition) is 2. The van der Waals surface area contributed by atoms with Gasteiger partial charge in [-0.3, -0.25) is 0 Å². The summed E-state index contributed by atoms with van der Waals surface area (Å²) in [6.07, 6.45) is 0.317. The molecule has 1 rings (SSSR count). The van der Waals surface area contributed by atoms with Gasteiger partial charge in [-0.1, -0.05) is 6.07 Å². The Labute approximate surface area is 114 Å². The Morgan fingerprint density at radius 1 is 1.26 bits per heavy atom. The van der Waals surface area contributed by atoms with E-state index in [2.05, 4.69) is 4.72 Å². The summed E-state index contributed by atoms with van der Waals surface area (Å²) < 4.78 is 32.0. The summed E-state index contributed by atoms with van der Waals surface area (Å²) in [4.78, 5) is 0.240. The van der Waals surface area contributed by atoms with E-state index in [-0.39, 0.29) is 18.1 Å². The molecule has 0 radical (unpaired) electrons. The topological polar surface area (TPSA) is 75.6 Å². The van der Waals surface area contributed by atoms with Crippen molar-refractivity contribution >= 4 is 10.0 Å². The third-order valence-electron chi connectivity index (χ3n) is 2.67. The highest BCUT2D eigenvalue weighted by Crippen LogP contribution is 2.15. The lowest BCUT2D eigenvalue weighted by Gasteiger charge is -2.17. The fourth-order valence-electron chi connectivity index (χ4n) is 1.91. The molecule has 0 amide bonds. The number of aliphatic hydroxyl groups is 1. The minimum atomic E-state index is -3.59. The van der Waals surface area contributed by atoms with Gasteiger partial charge < -0.3 is 9.84 Å². The molecule has 0 heterocycles. The molecule has 0 aliphatic carbocycles. The van der Waals surface area contributed by atoms with Crippen LogP contribution in [0.15, 0.2) is 23.1 Å². The second kappa shape index (κ2) is 7.00. The van der Waals surface area contributed by atoms with Gasteiger partial charge in [-0.25, -0.2) is 13.1 Å². The first-order valence-electron chi connectivity index (χ1n) is 6.09. The Bertz CT molecular complexity index is 487. The number of benzene rings is 1. The predicted molar refractivity (Wildman–Crippen MR) is 73.6 cm³/mol. The van der Waals surface area contributed by atoms with Gasteiger partial charge in [0.15, 0.2) is 0 Å². The second-order valence-electron chi connectivity index (χ2n) is 4.61. The number of ether oxygens (including phenoxy) is 1. The Hall–Kier alpha value is -0.950. The summed E-state index contributed by atoms with van der Waals surface area (Å²) in [5.41, 5.74) is 1.79. The number of aliphatic hydroxyl groups excluding tert-OH is 1. The molecule has 108 valence electrons. The molecule has 1 aromatic rings. The van der Waals surface area contributed by atoms with Gasteiger partial charge in [0, 0.05) is 19.8 Å². The standard InChI is InChI=1S/C13H21NO4S/c1-10-6-11(2)8-13(7-10)19(16,17)14-12(4-5-15)9-18-3/h6-8,12,14-15H,4-5,9H2,1-3H3. The van der Waals surface area contributed by atoms with Crippen molar-refractivity contribution in [3.05, 3.63) is 29.3 Å². The fraction of sp³-hybridized carbons (Fsp3) is 0.538. The van der Waals surface area contributed by atoms with Gasteiger partial charge in [-0.15, -0.1) is 0 Å². The lowest BCUT2D eigenvalue weighted by Crippen LogP contribution is -2.38. The number of nitrogens with one attached hydrogen (secondary N) is 1. The molecule has 0 spiro atoms. The van der Waals surface area contributed by atoms with Gasteiger partial charge in [0.1, 0.15) is 0 Å². The number of hydrogen-bond acceptors (Lipinski definition) is 4. The Kier molecular flexibility index (Phi) is 5.93. The van der Waals surface area contributed by atoms with Crippen molar-refractivity contribution in [3.63, 3.8) is 0 Å². The van der Waals surface area contributed by atoms with Crippen LogP contribution in [-0.2, 0) is 14.8 Å². The largest absolute Gasteiger partial charge is 0.396 e. The summed E-state index contributed by atoms with van der Waals surface area (Å²) in [6.45, 7) is 3.84. The minimum absolute atomic E-state index is 0.0939. The molecule has 0 saturated heterocycles. The molecule has 19 heavy (non-hydrogen) atoms. The lowest BCUT2D eigenvalue weighted by atomic mass is 10.2. The summed E-state index contributed by atoms with van der Waals surface area (Å²) in [6, 6.07) is 4.73. The van der Waals surface area contributed by atoms with Crippen molar-refractivity contribution in [1.82, 2.24) is 4.72 Å². The average Bonchev–Trinajstić information content (AvgIpc) is 2.27.